The summed E-state index contributed by atoms with van der Waals surface area (Å²) in [4.78, 5) is 23.4. The maximum Gasteiger partial charge on any atom is 1.00 e. The fourth-order valence-corrected chi connectivity index (χ4v) is 4.21. The quantitative estimate of drug-likeness (QED) is 0.317. The molecule has 1 fully saturated rings. The number of thioether (sulfide) groups is 2. The van der Waals surface area contributed by atoms with Crippen LogP contribution in [0.5, 0.6) is 0 Å². The van der Waals surface area contributed by atoms with Gasteiger partial charge in [-0.05, 0) is 0 Å². The van der Waals surface area contributed by atoms with Crippen molar-refractivity contribution < 1.29 is 44.3 Å². The van der Waals surface area contributed by atoms with E-state index in [4.69, 9.17) is 11.6 Å². The van der Waals surface area contributed by atoms with Gasteiger partial charge in [0.05, 0.1) is 27.7 Å². The Labute approximate surface area is 128 Å². The van der Waals surface area contributed by atoms with Crippen LogP contribution in [0.3, 0.4) is 0 Å². The van der Waals surface area contributed by atoms with Crippen LogP contribution in [0.1, 0.15) is 6.42 Å². The molecule has 0 saturated carbocycles. The molecule has 4 nitrogen and oxygen atoms in total. The van der Waals surface area contributed by atoms with Gasteiger partial charge >= 0.3 is 29.6 Å². The average Bonchev–Trinajstić information content (AvgIpc) is 2.47. The number of aliphatic carboxylic acids is 1. The van der Waals surface area contributed by atoms with Gasteiger partial charge in [0.15, 0.2) is 0 Å². The molecule has 2 aliphatic rings. The molecule has 0 aromatic rings. The standard InChI is InChI=1S/C8H8ClNO3S2.Na/c9-1-2-14-8-6(7(12)13)10-4(11)3-5(10)15-8;/h5H,1-3H2,(H,12,13);/q;+1/p-1/t5-;/m0./s1. The molecule has 2 heterocycles. The summed E-state index contributed by atoms with van der Waals surface area (Å²) < 4.78 is 0.645. The van der Waals surface area contributed by atoms with Crippen LogP contribution in [0.2, 0.25) is 0 Å². The van der Waals surface area contributed by atoms with Gasteiger partial charge in [0.25, 0.3) is 0 Å². The maximum absolute atomic E-state index is 11.2. The van der Waals surface area contributed by atoms with E-state index >= 15 is 0 Å². The number of rotatable bonds is 4. The number of carbonyl (C=O) groups is 2. The molecule has 0 unspecified atom stereocenters. The van der Waals surface area contributed by atoms with Gasteiger partial charge in [-0.2, -0.15) is 0 Å². The summed E-state index contributed by atoms with van der Waals surface area (Å²) in [6, 6.07) is 0. The maximum atomic E-state index is 11.2. The minimum absolute atomic E-state index is 0. The summed E-state index contributed by atoms with van der Waals surface area (Å²) in [6.45, 7) is 0. The molecule has 1 amide bonds. The van der Waals surface area contributed by atoms with Gasteiger partial charge < -0.3 is 9.90 Å². The Morgan fingerprint density at radius 2 is 2.38 bits per heavy atom. The minimum Gasteiger partial charge on any atom is -0.543 e. The van der Waals surface area contributed by atoms with E-state index < -0.39 is 5.97 Å². The number of carbonyl (C=O) groups excluding carboxylic acids is 2. The number of halogens is 1. The summed E-state index contributed by atoms with van der Waals surface area (Å²) in [7, 11) is 0. The molecule has 0 radical (unpaired) electrons. The minimum atomic E-state index is -1.28. The second-order valence-electron chi connectivity index (χ2n) is 3.00. The van der Waals surface area contributed by atoms with E-state index in [1.54, 1.807) is 0 Å². The largest absolute Gasteiger partial charge is 1.00 e. The van der Waals surface area contributed by atoms with E-state index in [1.165, 1.54) is 28.4 Å². The summed E-state index contributed by atoms with van der Waals surface area (Å²) in [5.41, 5.74) is 0.0244. The Morgan fingerprint density at radius 1 is 1.69 bits per heavy atom. The van der Waals surface area contributed by atoms with E-state index in [9.17, 15) is 14.7 Å². The first-order valence-corrected chi connectivity index (χ1v) is 6.68. The van der Waals surface area contributed by atoms with Gasteiger partial charge in [-0.25, -0.2) is 0 Å². The molecule has 0 aliphatic carbocycles. The average molecular weight is 288 g/mol. The molecule has 1 saturated heterocycles. The Balaban J connectivity index is 0.00000128. The molecular weight excluding hydrogens is 281 g/mol. The van der Waals surface area contributed by atoms with Crippen molar-refractivity contribution in [3.05, 3.63) is 9.93 Å². The summed E-state index contributed by atoms with van der Waals surface area (Å²) in [5.74, 6) is -0.341. The van der Waals surface area contributed by atoms with Crippen LogP contribution in [0.15, 0.2) is 9.93 Å². The van der Waals surface area contributed by atoms with Crippen molar-refractivity contribution in [1.82, 2.24) is 4.90 Å². The first kappa shape index (κ1) is 14.7. The number of carboxylic acids is 1. The van der Waals surface area contributed by atoms with E-state index in [1.807, 2.05) is 0 Å². The van der Waals surface area contributed by atoms with Crippen LogP contribution in [-0.2, 0) is 9.59 Å². The number of carboxylic acid groups (broad SMARTS) is 1. The number of alkyl halides is 1. The smallest absolute Gasteiger partial charge is 0.543 e. The van der Waals surface area contributed by atoms with Crippen molar-refractivity contribution in [2.45, 2.75) is 11.8 Å². The predicted molar refractivity (Wildman–Crippen MR) is 58.1 cm³/mol. The molecule has 16 heavy (non-hydrogen) atoms. The predicted octanol–water partition coefficient (Wildman–Crippen LogP) is -2.81. The van der Waals surface area contributed by atoms with Gasteiger partial charge in [0.1, 0.15) is 0 Å². The zero-order valence-electron chi connectivity index (χ0n) is 8.57. The number of nitrogens with zero attached hydrogens (tertiary/aromatic N) is 1. The monoisotopic (exact) mass is 287 g/mol. The van der Waals surface area contributed by atoms with Crippen LogP contribution in [0.25, 0.3) is 0 Å². The molecule has 1 atom stereocenters. The molecule has 82 valence electrons. The second kappa shape index (κ2) is 6.02. The summed E-state index contributed by atoms with van der Waals surface area (Å²) in [6.07, 6.45) is 0.409. The third-order valence-electron chi connectivity index (χ3n) is 2.09. The van der Waals surface area contributed by atoms with Crippen LogP contribution in [0, 0.1) is 0 Å². The number of fused-ring (bicyclic) bond motifs is 1. The van der Waals surface area contributed by atoms with Crippen molar-refractivity contribution >= 4 is 47.0 Å². The second-order valence-corrected chi connectivity index (χ2v) is 5.93. The molecule has 0 aromatic carbocycles. The molecule has 0 bridgehead atoms. The van der Waals surface area contributed by atoms with Crippen molar-refractivity contribution in [1.29, 1.82) is 0 Å². The van der Waals surface area contributed by atoms with E-state index in [-0.39, 0.29) is 46.5 Å². The van der Waals surface area contributed by atoms with Crippen molar-refractivity contribution in [2.75, 3.05) is 11.6 Å². The molecule has 0 N–H and O–H groups in total. The number of amides is 1. The van der Waals surface area contributed by atoms with E-state index in [0.717, 1.165) is 0 Å². The molecule has 2 rings (SSSR count). The van der Waals surface area contributed by atoms with Crippen LogP contribution in [0.4, 0.5) is 0 Å². The first-order chi connectivity index (χ1) is 7.15. The van der Waals surface area contributed by atoms with Crippen molar-refractivity contribution in [2.24, 2.45) is 0 Å². The fraction of sp³-hybridized carbons (Fsp3) is 0.500. The third-order valence-corrected chi connectivity index (χ3v) is 5.06. The molecule has 2 aliphatic heterocycles. The van der Waals surface area contributed by atoms with Gasteiger partial charge in [-0.15, -0.1) is 23.4 Å². The van der Waals surface area contributed by atoms with Crippen LogP contribution < -0.4 is 34.7 Å². The van der Waals surface area contributed by atoms with Crippen LogP contribution >= 0.6 is 35.1 Å². The Hall–Kier alpha value is 0.670. The zero-order valence-corrected chi connectivity index (χ0v) is 13.0. The zero-order chi connectivity index (χ0) is 11.0. The van der Waals surface area contributed by atoms with E-state index in [0.29, 0.717) is 22.3 Å². The number of β-lactam (4-membered cyclic amide) rings is 1. The van der Waals surface area contributed by atoms with Crippen molar-refractivity contribution in [3.8, 4) is 0 Å². The third kappa shape index (κ3) is 2.57. The number of hydrogen-bond donors (Lipinski definition) is 0. The van der Waals surface area contributed by atoms with Gasteiger partial charge in [-0.3, -0.25) is 9.69 Å². The Kier molecular flexibility index (Phi) is 5.54. The van der Waals surface area contributed by atoms with Gasteiger partial charge in [0, 0.05) is 11.6 Å². The molecular formula is C8H7ClNNaO3S2. The topological polar surface area (TPSA) is 60.4 Å². The molecule has 0 spiro atoms. The molecule has 8 heteroatoms. The van der Waals surface area contributed by atoms with Crippen LogP contribution in [-0.4, -0.2) is 33.8 Å². The summed E-state index contributed by atoms with van der Waals surface area (Å²) >= 11 is 8.30. The first-order valence-electron chi connectivity index (χ1n) is 4.28. The molecule has 0 aromatic heterocycles. The SMILES string of the molecule is O=C([O-])C1=C(SCCCl)S[C@H]2CC(=O)N12.[Na+]. The Morgan fingerprint density at radius 3 is 2.88 bits per heavy atom. The van der Waals surface area contributed by atoms with Gasteiger partial charge in [0.2, 0.25) is 5.91 Å². The van der Waals surface area contributed by atoms with E-state index in [2.05, 4.69) is 0 Å². The fourth-order valence-electron chi connectivity index (χ4n) is 1.44. The summed E-state index contributed by atoms with van der Waals surface area (Å²) in [5, 5.41) is 10.8. The number of hydrogen-bond acceptors (Lipinski definition) is 5. The van der Waals surface area contributed by atoms with Gasteiger partial charge in [-0.1, -0.05) is 11.8 Å². The van der Waals surface area contributed by atoms with Crippen molar-refractivity contribution in [3.63, 3.8) is 0 Å². The normalized spacial score (nSPS) is 22.7. The Bertz CT molecular complexity index is 363.